The van der Waals surface area contributed by atoms with Crippen LogP contribution in [0, 0.1) is 0 Å². The van der Waals surface area contributed by atoms with Crippen LogP contribution in [0.15, 0.2) is 42.5 Å². The molecule has 114 valence electrons. The summed E-state index contributed by atoms with van der Waals surface area (Å²) in [5.74, 6) is -0.840. The van der Waals surface area contributed by atoms with E-state index in [2.05, 4.69) is 10.6 Å². The van der Waals surface area contributed by atoms with E-state index in [1.807, 2.05) is 0 Å². The molecule has 4 nitrogen and oxygen atoms in total. The van der Waals surface area contributed by atoms with Crippen molar-refractivity contribution in [3.63, 3.8) is 0 Å². The van der Waals surface area contributed by atoms with E-state index in [-0.39, 0.29) is 6.54 Å². The number of nitrogens with one attached hydrogen (secondary N) is 2. The molecule has 2 aromatic carbocycles. The van der Waals surface area contributed by atoms with E-state index in [9.17, 15) is 9.59 Å². The van der Waals surface area contributed by atoms with E-state index in [0.717, 1.165) is 0 Å². The molecule has 0 spiro atoms. The van der Waals surface area contributed by atoms with Crippen molar-refractivity contribution in [2.75, 3.05) is 11.9 Å². The Bertz CT molecular complexity index is 720. The predicted molar refractivity (Wildman–Crippen MR) is 88.9 cm³/mol. The molecule has 22 heavy (non-hydrogen) atoms. The quantitative estimate of drug-likeness (QED) is 0.868. The molecular formula is C15H11Cl3N2O2. The summed E-state index contributed by atoms with van der Waals surface area (Å²) in [6.07, 6.45) is 0. The van der Waals surface area contributed by atoms with Crippen molar-refractivity contribution in [1.29, 1.82) is 0 Å². The first-order valence-corrected chi connectivity index (χ1v) is 7.38. The number of carbonyl (C=O) groups excluding carboxylic acids is 2. The van der Waals surface area contributed by atoms with Gasteiger partial charge in [-0.2, -0.15) is 0 Å². The Morgan fingerprint density at radius 3 is 2.36 bits per heavy atom. The smallest absolute Gasteiger partial charge is 0.253 e. The molecule has 0 unspecified atom stereocenters. The van der Waals surface area contributed by atoms with Crippen LogP contribution < -0.4 is 10.6 Å². The fraction of sp³-hybridized carbons (Fsp3) is 0.0667. The van der Waals surface area contributed by atoms with Gasteiger partial charge in [0.05, 0.1) is 27.8 Å². The van der Waals surface area contributed by atoms with Gasteiger partial charge in [0.25, 0.3) is 5.91 Å². The lowest BCUT2D eigenvalue weighted by Gasteiger charge is -2.09. The van der Waals surface area contributed by atoms with Gasteiger partial charge < -0.3 is 10.6 Å². The molecule has 2 aromatic rings. The second-order valence-corrected chi connectivity index (χ2v) is 5.59. The average Bonchev–Trinajstić information content (AvgIpc) is 2.48. The molecule has 0 saturated carbocycles. The Balaban J connectivity index is 1.93. The maximum absolute atomic E-state index is 11.9. The number of hydrogen-bond donors (Lipinski definition) is 2. The van der Waals surface area contributed by atoms with Crippen molar-refractivity contribution in [3.05, 3.63) is 63.1 Å². The standard InChI is InChI=1S/C15H11Cl3N2O2/c16-9-5-6-13(12(18)7-9)20-14(21)8-19-15(22)10-3-1-2-4-11(10)17/h1-7H,8H2,(H,19,22)(H,20,21). The summed E-state index contributed by atoms with van der Waals surface area (Å²) in [4.78, 5) is 23.7. The maximum atomic E-state index is 11.9. The van der Waals surface area contributed by atoms with Crippen molar-refractivity contribution in [1.82, 2.24) is 5.32 Å². The van der Waals surface area contributed by atoms with Crippen molar-refractivity contribution < 1.29 is 9.59 Å². The molecule has 2 N–H and O–H groups in total. The van der Waals surface area contributed by atoms with Gasteiger partial charge in [-0.3, -0.25) is 9.59 Å². The first kappa shape index (κ1) is 16.6. The van der Waals surface area contributed by atoms with Crippen molar-refractivity contribution >= 4 is 52.3 Å². The highest BCUT2D eigenvalue weighted by atomic mass is 35.5. The predicted octanol–water partition coefficient (Wildman–Crippen LogP) is 4.02. The molecule has 0 aliphatic carbocycles. The van der Waals surface area contributed by atoms with Gasteiger partial charge in [-0.1, -0.05) is 46.9 Å². The first-order valence-electron chi connectivity index (χ1n) is 6.25. The highest BCUT2D eigenvalue weighted by molar-refractivity contribution is 6.36. The summed E-state index contributed by atoms with van der Waals surface area (Å²) in [7, 11) is 0. The largest absolute Gasteiger partial charge is 0.343 e. The lowest BCUT2D eigenvalue weighted by atomic mass is 10.2. The SMILES string of the molecule is O=C(CNC(=O)c1ccccc1Cl)Nc1ccc(Cl)cc1Cl. The van der Waals surface area contributed by atoms with Crippen molar-refractivity contribution in [3.8, 4) is 0 Å². The van der Waals surface area contributed by atoms with Crippen LogP contribution in [-0.2, 0) is 4.79 Å². The van der Waals surface area contributed by atoms with E-state index in [4.69, 9.17) is 34.8 Å². The molecule has 0 bridgehead atoms. The lowest BCUT2D eigenvalue weighted by molar-refractivity contribution is -0.115. The zero-order chi connectivity index (χ0) is 16.1. The number of rotatable bonds is 4. The second kappa shape index (κ2) is 7.49. The Labute approximate surface area is 142 Å². The first-order chi connectivity index (χ1) is 10.5. The number of anilines is 1. The third kappa shape index (κ3) is 4.37. The van der Waals surface area contributed by atoms with Crippen LogP contribution in [0.3, 0.4) is 0 Å². The molecular weight excluding hydrogens is 347 g/mol. The van der Waals surface area contributed by atoms with E-state index >= 15 is 0 Å². The third-order valence-electron chi connectivity index (χ3n) is 2.73. The molecule has 2 rings (SSSR count). The van der Waals surface area contributed by atoms with Crippen LogP contribution in [0.25, 0.3) is 0 Å². The number of hydrogen-bond acceptors (Lipinski definition) is 2. The molecule has 0 aliphatic heterocycles. The fourth-order valence-corrected chi connectivity index (χ4v) is 2.36. The Morgan fingerprint density at radius 1 is 0.955 bits per heavy atom. The van der Waals surface area contributed by atoms with Gasteiger partial charge in [-0.15, -0.1) is 0 Å². The van der Waals surface area contributed by atoms with Gasteiger partial charge in [0.1, 0.15) is 0 Å². The van der Waals surface area contributed by atoms with Crippen LogP contribution in [0.2, 0.25) is 15.1 Å². The van der Waals surface area contributed by atoms with Crippen LogP contribution >= 0.6 is 34.8 Å². The summed E-state index contributed by atoms with van der Waals surface area (Å²) >= 11 is 17.6. The van der Waals surface area contributed by atoms with Gasteiger partial charge >= 0.3 is 0 Å². The molecule has 2 amide bonds. The lowest BCUT2D eigenvalue weighted by Crippen LogP contribution is -2.33. The normalized spacial score (nSPS) is 10.1. The minimum atomic E-state index is -0.428. The van der Waals surface area contributed by atoms with Gasteiger partial charge in [-0.05, 0) is 30.3 Å². The Morgan fingerprint density at radius 2 is 1.68 bits per heavy atom. The van der Waals surface area contributed by atoms with Crippen molar-refractivity contribution in [2.45, 2.75) is 0 Å². The minimum absolute atomic E-state index is 0.205. The summed E-state index contributed by atoms with van der Waals surface area (Å²) < 4.78 is 0. The number of halogens is 3. The zero-order valence-corrected chi connectivity index (χ0v) is 13.5. The van der Waals surface area contributed by atoms with Gasteiger partial charge in [0.2, 0.25) is 5.91 Å². The molecule has 0 atom stereocenters. The highest BCUT2D eigenvalue weighted by Gasteiger charge is 2.12. The summed E-state index contributed by atoms with van der Waals surface area (Å²) in [5.41, 5.74) is 0.726. The van der Waals surface area contributed by atoms with Crippen molar-refractivity contribution in [2.24, 2.45) is 0 Å². The van der Waals surface area contributed by atoms with Gasteiger partial charge in [-0.25, -0.2) is 0 Å². The Hall–Kier alpha value is -1.75. The number of carbonyl (C=O) groups is 2. The molecule has 0 aliphatic rings. The highest BCUT2D eigenvalue weighted by Crippen LogP contribution is 2.25. The van der Waals surface area contributed by atoms with Crippen LogP contribution in [0.5, 0.6) is 0 Å². The number of benzene rings is 2. The van der Waals surface area contributed by atoms with Crippen LogP contribution in [0.4, 0.5) is 5.69 Å². The minimum Gasteiger partial charge on any atom is -0.343 e. The van der Waals surface area contributed by atoms with Crippen LogP contribution in [-0.4, -0.2) is 18.4 Å². The van der Waals surface area contributed by atoms with E-state index in [1.165, 1.54) is 6.07 Å². The molecule has 7 heteroatoms. The topological polar surface area (TPSA) is 58.2 Å². The van der Waals surface area contributed by atoms with Crippen LogP contribution in [0.1, 0.15) is 10.4 Å². The molecule has 0 aromatic heterocycles. The monoisotopic (exact) mass is 356 g/mol. The van der Waals surface area contributed by atoms with E-state index in [0.29, 0.717) is 26.3 Å². The van der Waals surface area contributed by atoms with Gasteiger partial charge in [0.15, 0.2) is 0 Å². The molecule has 0 radical (unpaired) electrons. The average molecular weight is 358 g/mol. The zero-order valence-electron chi connectivity index (χ0n) is 11.2. The summed E-state index contributed by atoms with van der Waals surface area (Å²) in [6.45, 7) is -0.205. The molecule has 0 saturated heterocycles. The van der Waals surface area contributed by atoms with Gasteiger partial charge in [0, 0.05) is 5.02 Å². The van der Waals surface area contributed by atoms with E-state index in [1.54, 1.807) is 36.4 Å². The second-order valence-electron chi connectivity index (χ2n) is 4.33. The Kier molecular flexibility index (Phi) is 5.66. The van der Waals surface area contributed by atoms with E-state index < -0.39 is 11.8 Å². The fourth-order valence-electron chi connectivity index (χ4n) is 1.69. The third-order valence-corrected chi connectivity index (χ3v) is 3.61. The summed E-state index contributed by atoms with van der Waals surface area (Å²) in [5, 5.41) is 6.17. The molecule has 0 fully saturated rings. The number of amides is 2. The summed E-state index contributed by atoms with van der Waals surface area (Å²) in [6, 6.07) is 11.3. The maximum Gasteiger partial charge on any atom is 0.253 e. The molecule has 0 heterocycles.